The lowest BCUT2D eigenvalue weighted by Gasteiger charge is -2.32. The molecule has 0 bridgehead atoms. The number of carbonyl (C=O) groups excluding carboxylic acids is 1. The van der Waals surface area contributed by atoms with Crippen LogP contribution in [0.3, 0.4) is 0 Å². The normalized spacial score (nSPS) is 14.6. The monoisotopic (exact) mass is 422 g/mol. The molecule has 6 heteroatoms. The van der Waals surface area contributed by atoms with E-state index in [1.807, 2.05) is 49.4 Å². The quantitative estimate of drug-likeness (QED) is 0.650. The first kappa shape index (κ1) is 22.4. The van der Waals surface area contributed by atoms with Crippen molar-refractivity contribution in [2.24, 2.45) is 5.92 Å². The summed E-state index contributed by atoms with van der Waals surface area (Å²) in [7, 11) is 1.79. The molecular weight excluding hydrogens is 392 g/mol. The number of anilines is 1. The van der Waals surface area contributed by atoms with Gasteiger partial charge in [-0.25, -0.2) is 0 Å². The van der Waals surface area contributed by atoms with Crippen molar-refractivity contribution < 1.29 is 19.4 Å². The zero-order valence-corrected chi connectivity index (χ0v) is 18.2. The molecule has 0 aromatic heterocycles. The van der Waals surface area contributed by atoms with Crippen molar-refractivity contribution in [2.45, 2.75) is 26.3 Å². The minimum absolute atomic E-state index is 0.0680. The highest BCUT2D eigenvalue weighted by Crippen LogP contribution is 2.24. The Kier molecular flexibility index (Phi) is 7.70. The van der Waals surface area contributed by atoms with Gasteiger partial charge in [0.05, 0.1) is 12.5 Å². The Morgan fingerprint density at radius 1 is 1.16 bits per heavy atom. The van der Waals surface area contributed by atoms with E-state index in [1.54, 1.807) is 24.1 Å². The molecule has 31 heavy (non-hydrogen) atoms. The van der Waals surface area contributed by atoms with E-state index in [0.29, 0.717) is 26.0 Å². The number of amides is 1. The summed E-state index contributed by atoms with van der Waals surface area (Å²) in [4.78, 5) is 27.6. The lowest BCUT2D eigenvalue weighted by Crippen LogP contribution is -2.36. The predicted octanol–water partition coefficient (Wildman–Crippen LogP) is 4.06. The van der Waals surface area contributed by atoms with Crippen LogP contribution >= 0.6 is 0 Å². The Labute approximate surface area is 183 Å². The third-order valence-electron chi connectivity index (χ3n) is 5.53. The van der Waals surface area contributed by atoms with E-state index >= 15 is 0 Å². The Morgan fingerprint density at radius 2 is 1.87 bits per heavy atom. The molecule has 0 atom stereocenters. The first-order chi connectivity index (χ1) is 15.0. The summed E-state index contributed by atoms with van der Waals surface area (Å²) in [6.07, 6.45) is 4.70. The van der Waals surface area contributed by atoms with Crippen LogP contribution in [-0.2, 0) is 16.1 Å². The van der Waals surface area contributed by atoms with Crippen LogP contribution < -0.4 is 9.64 Å². The number of carbonyl (C=O) groups is 2. The SMILES string of the molecule is CCOc1ccc(/C=C/C(=O)N(C)Cc2cccc(N3CCC(C(=O)O)CC3)c2)cc1. The maximum Gasteiger partial charge on any atom is 0.306 e. The van der Waals surface area contributed by atoms with Crippen molar-refractivity contribution in [2.75, 3.05) is 31.6 Å². The topological polar surface area (TPSA) is 70.1 Å². The fourth-order valence-corrected chi connectivity index (χ4v) is 3.72. The summed E-state index contributed by atoms with van der Waals surface area (Å²) in [6.45, 7) is 4.55. The largest absolute Gasteiger partial charge is 0.494 e. The van der Waals surface area contributed by atoms with Crippen LogP contribution in [0.1, 0.15) is 30.9 Å². The summed E-state index contributed by atoms with van der Waals surface area (Å²) in [5.41, 5.74) is 3.06. The molecule has 0 radical (unpaired) electrons. The van der Waals surface area contributed by atoms with E-state index in [2.05, 4.69) is 11.0 Å². The van der Waals surface area contributed by atoms with E-state index in [1.165, 1.54) is 0 Å². The molecule has 0 aliphatic carbocycles. The van der Waals surface area contributed by atoms with E-state index in [-0.39, 0.29) is 11.8 Å². The van der Waals surface area contributed by atoms with Crippen LogP contribution in [-0.4, -0.2) is 48.6 Å². The molecule has 0 unspecified atom stereocenters. The Balaban J connectivity index is 1.56. The smallest absolute Gasteiger partial charge is 0.306 e. The van der Waals surface area contributed by atoms with E-state index in [9.17, 15) is 14.7 Å². The molecule has 1 saturated heterocycles. The van der Waals surface area contributed by atoms with Crippen LogP contribution in [0.25, 0.3) is 6.08 Å². The molecule has 0 saturated carbocycles. The molecule has 164 valence electrons. The molecule has 2 aromatic rings. The summed E-state index contributed by atoms with van der Waals surface area (Å²) in [6, 6.07) is 15.7. The van der Waals surface area contributed by atoms with Gasteiger partial charge in [-0.15, -0.1) is 0 Å². The second-order valence-corrected chi connectivity index (χ2v) is 7.80. The van der Waals surface area contributed by atoms with Crippen LogP contribution in [0, 0.1) is 5.92 Å². The number of hydrogen-bond donors (Lipinski definition) is 1. The second kappa shape index (κ2) is 10.7. The summed E-state index contributed by atoms with van der Waals surface area (Å²) >= 11 is 0. The molecular formula is C25H30N2O4. The predicted molar refractivity (Wildman–Crippen MR) is 122 cm³/mol. The number of rotatable bonds is 8. The zero-order valence-electron chi connectivity index (χ0n) is 18.2. The summed E-state index contributed by atoms with van der Waals surface area (Å²) < 4.78 is 5.43. The molecule has 1 fully saturated rings. The van der Waals surface area contributed by atoms with Gasteiger partial charge in [0.1, 0.15) is 5.75 Å². The van der Waals surface area contributed by atoms with Gasteiger partial charge >= 0.3 is 5.97 Å². The fraction of sp³-hybridized carbons (Fsp3) is 0.360. The van der Waals surface area contributed by atoms with Crippen molar-refractivity contribution in [3.8, 4) is 5.75 Å². The average molecular weight is 423 g/mol. The lowest BCUT2D eigenvalue weighted by atomic mass is 9.96. The molecule has 1 aliphatic rings. The molecule has 1 amide bonds. The highest BCUT2D eigenvalue weighted by Gasteiger charge is 2.24. The van der Waals surface area contributed by atoms with Crippen molar-refractivity contribution >= 4 is 23.6 Å². The molecule has 3 rings (SSSR count). The summed E-state index contributed by atoms with van der Waals surface area (Å²) in [5.74, 6) is -0.200. The number of aliphatic carboxylic acids is 1. The number of carboxylic acid groups (broad SMARTS) is 1. The number of likely N-dealkylation sites (N-methyl/N-ethyl adjacent to an activating group) is 1. The van der Waals surface area contributed by atoms with E-state index < -0.39 is 5.97 Å². The van der Waals surface area contributed by atoms with E-state index in [4.69, 9.17) is 4.74 Å². The van der Waals surface area contributed by atoms with Crippen LogP contribution in [0.5, 0.6) is 5.75 Å². The molecule has 6 nitrogen and oxygen atoms in total. The highest BCUT2D eigenvalue weighted by molar-refractivity contribution is 5.91. The number of hydrogen-bond acceptors (Lipinski definition) is 4. The number of piperidine rings is 1. The maximum atomic E-state index is 12.5. The van der Waals surface area contributed by atoms with Gasteiger partial charge in [0.2, 0.25) is 5.91 Å². The standard InChI is InChI=1S/C25H30N2O4/c1-3-31-23-10-7-19(8-11-23)9-12-24(28)26(2)18-20-5-4-6-22(17-20)27-15-13-21(14-16-27)25(29)30/h4-12,17,21H,3,13-16,18H2,1-2H3,(H,29,30)/b12-9+. The van der Waals surface area contributed by atoms with Gasteiger partial charge < -0.3 is 19.6 Å². The van der Waals surface area contributed by atoms with Crippen molar-refractivity contribution in [1.29, 1.82) is 0 Å². The molecule has 1 N–H and O–H groups in total. The van der Waals surface area contributed by atoms with Gasteiger partial charge in [0.15, 0.2) is 0 Å². The Bertz CT molecular complexity index is 915. The number of benzene rings is 2. The summed E-state index contributed by atoms with van der Waals surface area (Å²) in [5, 5.41) is 9.17. The molecule has 2 aromatic carbocycles. The maximum absolute atomic E-state index is 12.5. The van der Waals surface area contributed by atoms with Crippen LogP contribution in [0.4, 0.5) is 5.69 Å². The third kappa shape index (κ3) is 6.35. The van der Waals surface area contributed by atoms with Gasteiger partial charge in [-0.1, -0.05) is 24.3 Å². The fourth-order valence-electron chi connectivity index (χ4n) is 3.72. The van der Waals surface area contributed by atoms with Gasteiger partial charge in [0.25, 0.3) is 0 Å². The average Bonchev–Trinajstić information content (AvgIpc) is 2.79. The number of nitrogens with zero attached hydrogens (tertiary/aromatic N) is 2. The van der Waals surface area contributed by atoms with Crippen LogP contribution in [0.15, 0.2) is 54.6 Å². The lowest BCUT2D eigenvalue weighted by molar-refractivity contribution is -0.142. The van der Waals surface area contributed by atoms with Crippen molar-refractivity contribution in [3.05, 3.63) is 65.7 Å². The first-order valence-corrected chi connectivity index (χ1v) is 10.7. The van der Waals surface area contributed by atoms with Gasteiger partial charge in [-0.3, -0.25) is 9.59 Å². The Morgan fingerprint density at radius 3 is 2.52 bits per heavy atom. The van der Waals surface area contributed by atoms with Gasteiger partial charge in [-0.2, -0.15) is 0 Å². The van der Waals surface area contributed by atoms with Gasteiger partial charge in [-0.05, 0) is 61.2 Å². The number of ether oxygens (including phenoxy) is 1. The third-order valence-corrected chi connectivity index (χ3v) is 5.53. The van der Waals surface area contributed by atoms with Gasteiger partial charge in [0, 0.05) is 38.4 Å². The van der Waals surface area contributed by atoms with Crippen LogP contribution in [0.2, 0.25) is 0 Å². The molecule has 1 aliphatic heterocycles. The zero-order chi connectivity index (χ0) is 22.2. The van der Waals surface area contributed by atoms with Crippen molar-refractivity contribution in [3.63, 3.8) is 0 Å². The number of carboxylic acids is 1. The molecule has 0 spiro atoms. The second-order valence-electron chi connectivity index (χ2n) is 7.80. The highest BCUT2D eigenvalue weighted by atomic mass is 16.5. The molecule has 1 heterocycles. The Hall–Kier alpha value is -3.28. The van der Waals surface area contributed by atoms with E-state index in [0.717, 1.165) is 35.7 Å². The first-order valence-electron chi connectivity index (χ1n) is 10.7. The minimum atomic E-state index is -0.702. The minimum Gasteiger partial charge on any atom is -0.494 e. The van der Waals surface area contributed by atoms with Crippen molar-refractivity contribution in [1.82, 2.24) is 4.90 Å².